The average molecular weight is 346 g/mol. The fourth-order valence-electron chi connectivity index (χ4n) is 2.16. The van der Waals surface area contributed by atoms with Crippen LogP contribution in [0.5, 0.6) is 11.5 Å². The van der Waals surface area contributed by atoms with Crippen molar-refractivity contribution in [3.05, 3.63) is 90.0 Å². The van der Waals surface area contributed by atoms with Crippen molar-refractivity contribution in [3.63, 3.8) is 0 Å². The van der Waals surface area contributed by atoms with Gasteiger partial charge in [0, 0.05) is 6.07 Å². The number of hydrogen-bond donors (Lipinski definition) is 0. The van der Waals surface area contributed by atoms with Crippen LogP contribution in [0.4, 0.5) is 17.6 Å². The van der Waals surface area contributed by atoms with E-state index in [0.29, 0.717) is 0 Å². The summed E-state index contributed by atoms with van der Waals surface area (Å²) < 4.78 is 65.7. The Morgan fingerprint density at radius 3 is 2.20 bits per heavy atom. The van der Waals surface area contributed by atoms with Crippen LogP contribution < -0.4 is 14.8 Å². The number of para-hydroxylation sites is 1. The summed E-state index contributed by atoms with van der Waals surface area (Å²) in [6, 6.07) is 14.2. The molecular weight excluding hydrogens is 335 g/mol. The van der Waals surface area contributed by atoms with E-state index in [9.17, 15) is 17.6 Å². The third kappa shape index (κ3) is 3.93. The standard InChI is InChI=1S/C18H11BF4O2/c20-12-9-10-15(21)17(11-12)25-19(24-13-5-2-1-3-6-13)14-7-4-8-16(22)18(14)23/h1-11H. The van der Waals surface area contributed by atoms with Gasteiger partial charge in [-0.2, -0.15) is 0 Å². The molecule has 0 atom stereocenters. The van der Waals surface area contributed by atoms with E-state index in [0.717, 1.165) is 24.3 Å². The number of halogens is 4. The first-order valence-corrected chi connectivity index (χ1v) is 7.32. The molecule has 7 heteroatoms. The van der Waals surface area contributed by atoms with Gasteiger partial charge in [-0.3, -0.25) is 0 Å². The zero-order valence-corrected chi connectivity index (χ0v) is 12.8. The summed E-state index contributed by atoms with van der Waals surface area (Å²) in [6.45, 7) is 0. The maximum atomic E-state index is 14.1. The highest BCUT2D eigenvalue weighted by Crippen LogP contribution is 2.20. The van der Waals surface area contributed by atoms with Crippen LogP contribution in [0.15, 0.2) is 66.7 Å². The molecule has 0 aromatic heterocycles. The quantitative estimate of drug-likeness (QED) is 0.512. The zero-order valence-electron chi connectivity index (χ0n) is 12.8. The van der Waals surface area contributed by atoms with E-state index in [2.05, 4.69) is 0 Å². The fraction of sp³-hybridized carbons (Fsp3) is 0. The van der Waals surface area contributed by atoms with E-state index in [1.807, 2.05) is 0 Å². The van der Waals surface area contributed by atoms with Crippen LogP contribution in [0, 0.1) is 23.3 Å². The summed E-state index contributed by atoms with van der Waals surface area (Å²) >= 11 is 0. The van der Waals surface area contributed by atoms with Crippen molar-refractivity contribution in [2.24, 2.45) is 0 Å². The van der Waals surface area contributed by atoms with E-state index in [1.54, 1.807) is 30.3 Å². The number of rotatable bonds is 5. The molecule has 0 saturated carbocycles. The molecule has 0 aliphatic carbocycles. The molecular formula is C18H11BF4O2. The Hall–Kier alpha value is -2.96. The number of hydrogen-bond acceptors (Lipinski definition) is 2. The fourth-order valence-corrected chi connectivity index (χ4v) is 2.16. The van der Waals surface area contributed by atoms with Crippen molar-refractivity contribution >= 4 is 12.6 Å². The SMILES string of the molecule is Fc1ccc(F)c(OB(Oc2ccccc2)c2cccc(F)c2F)c1. The molecule has 3 aromatic carbocycles. The Morgan fingerprint density at radius 1 is 0.680 bits per heavy atom. The molecule has 0 unspecified atom stereocenters. The predicted octanol–water partition coefficient (Wildman–Crippen LogP) is 4.10. The van der Waals surface area contributed by atoms with Gasteiger partial charge in [-0.05, 0) is 30.3 Å². The van der Waals surface area contributed by atoms with Crippen LogP contribution in [0.3, 0.4) is 0 Å². The Bertz CT molecular complexity index is 874. The average Bonchev–Trinajstić information content (AvgIpc) is 2.61. The molecule has 0 bridgehead atoms. The van der Waals surface area contributed by atoms with Gasteiger partial charge >= 0.3 is 7.12 Å². The van der Waals surface area contributed by atoms with Crippen LogP contribution in [-0.4, -0.2) is 7.12 Å². The normalized spacial score (nSPS) is 10.4. The van der Waals surface area contributed by atoms with Crippen molar-refractivity contribution < 1.29 is 26.9 Å². The first kappa shape index (κ1) is 16.9. The minimum atomic E-state index is -1.52. The Kier molecular flexibility index (Phi) is 4.93. The lowest BCUT2D eigenvalue weighted by Crippen LogP contribution is -2.45. The van der Waals surface area contributed by atoms with Crippen LogP contribution in [-0.2, 0) is 0 Å². The second kappa shape index (κ2) is 7.30. The van der Waals surface area contributed by atoms with E-state index < -0.39 is 36.1 Å². The lowest BCUT2D eigenvalue weighted by molar-refractivity contribution is 0.412. The monoisotopic (exact) mass is 346 g/mol. The Labute approximate surface area is 141 Å². The van der Waals surface area contributed by atoms with Crippen molar-refractivity contribution in [1.29, 1.82) is 0 Å². The molecule has 0 fully saturated rings. The van der Waals surface area contributed by atoms with Crippen molar-refractivity contribution in [3.8, 4) is 11.5 Å². The molecule has 0 aliphatic rings. The van der Waals surface area contributed by atoms with Gasteiger partial charge in [-0.1, -0.05) is 30.3 Å². The van der Waals surface area contributed by atoms with Gasteiger partial charge < -0.3 is 9.31 Å². The third-order valence-corrected chi connectivity index (χ3v) is 3.35. The first-order chi connectivity index (χ1) is 12.0. The lowest BCUT2D eigenvalue weighted by Gasteiger charge is -2.18. The Balaban J connectivity index is 1.99. The summed E-state index contributed by atoms with van der Waals surface area (Å²) in [5.74, 6) is -4.10. The molecule has 0 saturated heterocycles. The van der Waals surface area contributed by atoms with Crippen molar-refractivity contribution in [1.82, 2.24) is 0 Å². The first-order valence-electron chi connectivity index (χ1n) is 7.32. The summed E-state index contributed by atoms with van der Waals surface area (Å²) in [4.78, 5) is 0. The van der Waals surface area contributed by atoms with Gasteiger partial charge in [0.2, 0.25) is 0 Å². The molecule has 2 nitrogen and oxygen atoms in total. The van der Waals surface area contributed by atoms with Crippen LogP contribution >= 0.6 is 0 Å². The highest BCUT2D eigenvalue weighted by atomic mass is 19.2. The van der Waals surface area contributed by atoms with Crippen LogP contribution in [0.2, 0.25) is 0 Å². The van der Waals surface area contributed by atoms with E-state index >= 15 is 0 Å². The molecule has 0 amide bonds. The van der Waals surface area contributed by atoms with E-state index in [1.165, 1.54) is 12.1 Å². The van der Waals surface area contributed by atoms with Crippen molar-refractivity contribution in [2.75, 3.05) is 0 Å². The smallest absolute Gasteiger partial charge is 0.522 e. The van der Waals surface area contributed by atoms with E-state index in [4.69, 9.17) is 9.31 Å². The van der Waals surface area contributed by atoms with Gasteiger partial charge in [0.1, 0.15) is 17.3 Å². The van der Waals surface area contributed by atoms with Gasteiger partial charge in [0.25, 0.3) is 0 Å². The highest BCUT2D eigenvalue weighted by molar-refractivity contribution is 6.62. The summed E-state index contributed by atoms with van der Waals surface area (Å²) in [6.07, 6.45) is 0. The largest absolute Gasteiger partial charge is 0.635 e. The van der Waals surface area contributed by atoms with Gasteiger partial charge in [-0.15, -0.1) is 0 Å². The second-order valence-electron chi connectivity index (χ2n) is 5.10. The maximum Gasteiger partial charge on any atom is 0.635 e. The summed E-state index contributed by atoms with van der Waals surface area (Å²) in [5.41, 5.74) is -0.285. The predicted molar refractivity (Wildman–Crippen MR) is 85.8 cm³/mol. The molecule has 0 aliphatic heterocycles. The Morgan fingerprint density at radius 2 is 1.44 bits per heavy atom. The minimum Gasteiger partial charge on any atom is -0.522 e. The highest BCUT2D eigenvalue weighted by Gasteiger charge is 2.32. The van der Waals surface area contributed by atoms with Crippen LogP contribution in [0.1, 0.15) is 0 Å². The molecule has 25 heavy (non-hydrogen) atoms. The maximum absolute atomic E-state index is 14.1. The molecule has 0 heterocycles. The molecule has 0 spiro atoms. The summed E-state index contributed by atoms with van der Waals surface area (Å²) in [5, 5.41) is 0. The molecule has 0 N–H and O–H groups in total. The molecule has 3 aromatic rings. The van der Waals surface area contributed by atoms with Gasteiger partial charge in [0.05, 0.1) is 5.46 Å². The zero-order chi connectivity index (χ0) is 17.8. The molecule has 3 rings (SSSR count). The van der Waals surface area contributed by atoms with E-state index in [-0.39, 0.29) is 11.2 Å². The topological polar surface area (TPSA) is 18.5 Å². The van der Waals surface area contributed by atoms with Crippen LogP contribution in [0.25, 0.3) is 0 Å². The molecule has 0 radical (unpaired) electrons. The minimum absolute atomic E-state index is 0.285. The summed E-state index contributed by atoms with van der Waals surface area (Å²) in [7, 11) is -1.52. The van der Waals surface area contributed by atoms with Crippen molar-refractivity contribution in [2.45, 2.75) is 0 Å². The second-order valence-corrected chi connectivity index (χ2v) is 5.10. The third-order valence-electron chi connectivity index (χ3n) is 3.35. The van der Waals surface area contributed by atoms with Gasteiger partial charge in [0.15, 0.2) is 17.5 Å². The number of benzene rings is 3. The van der Waals surface area contributed by atoms with Gasteiger partial charge in [-0.25, -0.2) is 17.6 Å². The molecule has 126 valence electrons. The lowest BCUT2D eigenvalue weighted by atomic mass is 9.78.